The van der Waals surface area contributed by atoms with Gasteiger partial charge in [-0.2, -0.15) is 0 Å². The van der Waals surface area contributed by atoms with Crippen molar-refractivity contribution >= 4 is 11.6 Å². The maximum atomic E-state index is 6.25. The molecule has 18 heavy (non-hydrogen) atoms. The van der Waals surface area contributed by atoms with E-state index in [1.807, 2.05) is 12.1 Å². The van der Waals surface area contributed by atoms with E-state index < -0.39 is 0 Å². The zero-order valence-electron chi connectivity index (χ0n) is 11.6. The van der Waals surface area contributed by atoms with Crippen LogP contribution in [0.4, 0.5) is 0 Å². The Labute approximate surface area is 116 Å². The van der Waals surface area contributed by atoms with Crippen LogP contribution in [0.15, 0.2) is 24.3 Å². The smallest absolute Gasteiger partial charge is 0.0453 e. The fourth-order valence-corrected chi connectivity index (χ4v) is 3.65. The van der Waals surface area contributed by atoms with Gasteiger partial charge in [0.05, 0.1) is 0 Å². The zero-order valence-corrected chi connectivity index (χ0v) is 12.4. The van der Waals surface area contributed by atoms with Gasteiger partial charge in [-0.1, -0.05) is 43.6 Å². The van der Waals surface area contributed by atoms with Crippen molar-refractivity contribution in [1.82, 2.24) is 5.32 Å². The van der Waals surface area contributed by atoms with E-state index in [1.54, 1.807) is 0 Å². The Morgan fingerprint density at radius 2 is 1.72 bits per heavy atom. The van der Waals surface area contributed by atoms with Crippen molar-refractivity contribution in [1.29, 1.82) is 0 Å². The van der Waals surface area contributed by atoms with Gasteiger partial charge in [-0.25, -0.2) is 0 Å². The summed E-state index contributed by atoms with van der Waals surface area (Å²) in [5.74, 6) is 1.68. The third-order valence-corrected chi connectivity index (χ3v) is 4.38. The lowest BCUT2D eigenvalue weighted by molar-refractivity contribution is 0.228. The van der Waals surface area contributed by atoms with E-state index in [1.165, 1.54) is 24.8 Å². The van der Waals surface area contributed by atoms with Crippen LogP contribution in [0.2, 0.25) is 5.02 Å². The van der Waals surface area contributed by atoms with Crippen molar-refractivity contribution in [3.63, 3.8) is 0 Å². The predicted molar refractivity (Wildman–Crippen MR) is 79.0 cm³/mol. The first-order valence-electron chi connectivity index (χ1n) is 7.06. The van der Waals surface area contributed by atoms with Gasteiger partial charge in [-0.05, 0) is 49.7 Å². The van der Waals surface area contributed by atoms with Gasteiger partial charge >= 0.3 is 0 Å². The van der Waals surface area contributed by atoms with E-state index in [0.717, 1.165) is 16.9 Å². The van der Waals surface area contributed by atoms with Gasteiger partial charge in [0.25, 0.3) is 0 Å². The van der Waals surface area contributed by atoms with Gasteiger partial charge in [0, 0.05) is 17.1 Å². The minimum absolute atomic E-state index is 0.334. The van der Waals surface area contributed by atoms with E-state index in [9.17, 15) is 0 Å². The Morgan fingerprint density at radius 3 is 2.33 bits per heavy atom. The van der Waals surface area contributed by atoms with Crippen LogP contribution >= 0.6 is 11.6 Å². The summed E-state index contributed by atoms with van der Waals surface area (Å²) in [5.41, 5.74) is 1.21. The average molecular weight is 266 g/mol. The van der Waals surface area contributed by atoms with Crippen LogP contribution in [0.1, 0.15) is 51.6 Å². The number of rotatable bonds is 3. The third-order valence-electron chi connectivity index (χ3n) is 4.04. The highest BCUT2D eigenvalue weighted by molar-refractivity contribution is 6.31. The summed E-state index contributed by atoms with van der Waals surface area (Å²) < 4.78 is 0. The van der Waals surface area contributed by atoms with Crippen molar-refractivity contribution in [3.05, 3.63) is 34.9 Å². The number of nitrogens with one attached hydrogen (secondary N) is 1. The van der Waals surface area contributed by atoms with Gasteiger partial charge in [-0.3, -0.25) is 0 Å². The molecule has 0 saturated heterocycles. The second-order valence-electron chi connectivity index (χ2n) is 6.02. The lowest BCUT2D eigenvalue weighted by atomic mass is 9.80. The largest absolute Gasteiger partial charge is 0.307 e. The highest BCUT2D eigenvalue weighted by Gasteiger charge is 2.25. The molecule has 1 aliphatic rings. The monoisotopic (exact) mass is 265 g/mol. The molecule has 1 N–H and O–H groups in total. The maximum absolute atomic E-state index is 6.25. The molecule has 0 aromatic heterocycles. The Morgan fingerprint density at radius 1 is 1.11 bits per heavy atom. The predicted octanol–water partition coefficient (Wildman–Crippen LogP) is 4.82. The maximum Gasteiger partial charge on any atom is 0.0453 e. The molecule has 0 bridgehead atoms. The Hall–Kier alpha value is -0.530. The highest BCUT2D eigenvalue weighted by Crippen LogP contribution is 2.31. The molecule has 2 rings (SSSR count). The molecule has 0 spiro atoms. The van der Waals surface area contributed by atoms with Crippen LogP contribution in [0.25, 0.3) is 0 Å². The van der Waals surface area contributed by atoms with Crippen LogP contribution < -0.4 is 5.32 Å². The summed E-state index contributed by atoms with van der Waals surface area (Å²) in [4.78, 5) is 0. The molecule has 2 heteroatoms. The SMILES string of the molecule is CC1CC(C)CC(N[C@H](C)c2ccccc2Cl)C1. The Kier molecular flexibility index (Phi) is 4.69. The van der Waals surface area contributed by atoms with Crippen molar-refractivity contribution < 1.29 is 0 Å². The molecule has 0 heterocycles. The summed E-state index contributed by atoms with van der Waals surface area (Å²) in [6.45, 7) is 6.94. The number of benzene rings is 1. The molecular weight excluding hydrogens is 242 g/mol. The third kappa shape index (κ3) is 3.49. The van der Waals surface area contributed by atoms with Crippen molar-refractivity contribution in [3.8, 4) is 0 Å². The average Bonchev–Trinajstić information content (AvgIpc) is 2.27. The molecule has 0 radical (unpaired) electrons. The topological polar surface area (TPSA) is 12.0 Å². The number of hydrogen-bond donors (Lipinski definition) is 1. The number of hydrogen-bond acceptors (Lipinski definition) is 1. The van der Waals surface area contributed by atoms with E-state index in [4.69, 9.17) is 11.6 Å². The molecule has 0 amide bonds. The molecule has 0 aliphatic heterocycles. The second kappa shape index (κ2) is 6.08. The molecule has 1 nitrogen and oxygen atoms in total. The van der Waals surface area contributed by atoms with Crippen LogP contribution in [0.3, 0.4) is 0 Å². The van der Waals surface area contributed by atoms with Gasteiger partial charge < -0.3 is 5.32 Å². The Balaban J connectivity index is 1.99. The first-order chi connectivity index (χ1) is 8.56. The van der Waals surface area contributed by atoms with Gasteiger partial charge in [-0.15, -0.1) is 0 Å². The molecule has 1 aromatic rings. The minimum atomic E-state index is 0.334. The molecule has 2 unspecified atom stereocenters. The van der Waals surface area contributed by atoms with Crippen molar-refractivity contribution in [2.75, 3.05) is 0 Å². The van der Waals surface area contributed by atoms with Crippen LogP contribution in [-0.4, -0.2) is 6.04 Å². The van der Waals surface area contributed by atoms with Gasteiger partial charge in [0.15, 0.2) is 0 Å². The quantitative estimate of drug-likeness (QED) is 0.827. The molecule has 1 aliphatic carbocycles. The molecule has 1 aromatic carbocycles. The van der Waals surface area contributed by atoms with Crippen LogP contribution in [0, 0.1) is 11.8 Å². The fourth-order valence-electron chi connectivity index (χ4n) is 3.35. The zero-order chi connectivity index (χ0) is 13.1. The highest BCUT2D eigenvalue weighted by atomic mass is 35.5. The second-order valence-corrected chi connectivity index (χ2v) is 6.43. The summed E-state index contributed by atoms with van der Waals surface area (Å²) in [6, 6.07) is 9.11. The van der Waals surface area contributed by atoms with Gasteiger partial charge in [0.1, 0.15) is 0 Å². The lowest BCUT2D eigenvalue weighted by Crippen LogP contribution is -2.37. The summed E-state index contributed by atoms with van der Waals surface area (Å²) in [6.07, 6.45) is 3.96. The van der Waals surface area contributed by atoms with E-state index in [-0.39, 0.29) is 0 Å². The molecular formula is C16H24ClN. The lowest BCUT2D eigenvalue weighted by Gasteiger charge is -2.34. The number of halogens is 1. The molecule has 1 saturated carbocycles. The summed E-state index contributed by atoms with van der Waals surface area (Å²) >= 11 is 6.25. The normalized spacial score (nSPS) is 30.1. The van der Waals surface area contributed by atoms with Crippen LogP contribution in [-0.2, 0) is 0 Å². The molecule has 3 atom stereocenters. The minimum Gasteiger partial charge on any atom is -0.307 e. The standard InChI is InChI=1S/C16H24ClN/c1-11-8-12(2)10-14(9-11)18-13(3)15-6-4-5-7-16(15)17/h4-7,11-14,18H,8-10H2,1-3H3/t11?,12?,13-,14?/m1/s1. The van der Waals surface area contributed by atoms with Crippen LogP contribution in [0.5, 0.6) is 0 Å². The van der Waals surface area contributed by atoms with Gasteiger partial charge in [0.2, 0.25) is 0 Å². The first-order valence-corrected chi connectivity index (χ1v) is 7.44. The van der Waals surface area contributed by atoms with Crippen molar-refractivity contribution in [2.45, 2.75) is 52.1 Å². The van der Waals surface area contributed by atoms with Crippen molar-refractivity contribution in [2.24, 2.45) is 11.8 Å². The summed E-state index contributed by atoms with van der Waals surface area (Å²) in [5, 5.41) is 4.62. The first kappa shape index (κ1) is 13.9. The molecule has 100 valence electrons. The van der Waals surface area contributed by atoms with E-state index >= 15 is 0 Å². The molecule has 1 fully saturated rings. The fraction of sp³-hybridized carbons (Fsp3) is 0.625. The summed E-state index contributed by atoms with van der Waals surface area (Å²) in [7, 11) is 0. The van der Waals surface area contributed by atoms with E-state index in [2.05, 4.69) is 38.2 Å². The Bertz CT molecular complexity index is 380. The van der Waals surface area contributed by atoms with E-state index in [0.29, 0.717) is 12.1 Å².